The molecule has 8 heteroatoms. The van der Waals surface area contributed by atoms with Gasteiger partial charge in [-0.05, 0) is 37.5 Å². The fourth-order valence-electron chi connectivity index (χ4n) is 3.68. The number of halogens is 1. The molecule has 1 aromatic heterocycles. The molecule has 26 heavy (non-hydrogen) atoms. The third kappa shape index (κ3) is 4.16. The van der Waals surface area contributed by atoms with Gasteiger partial charge in [0.25, 0.3) is 0 Å². The molecule has 0 bridgehead atoms. The number of benzene rings is 1. The van der Waals surface area contributed by atoms with Crippen LogP contribution >= 0.6 is 11.6 Å². The minimum Gasteiger partial charge on any atom is -0.368 e. The molecule has 2 unspecified atom stereocenters. The maximum absolute atomic E-state index is 12.2. The van der Waals surface area contributed by atoms with Crippen LogP contribution in [-0.4, -0.2) is 42.0 Å². The van der Waals surface area contributed by atoms with Crippen molar-refractivity contribution in [3.63, 3.8) is 0 Å². The summed E-state index contributed by atoms with van der Waals surface area (Å²) >= 11 is 6.46. The van der Waals surface area contributed by atoms with E-state index in [1.165, 1.54) is 6.26 Å². The van der Waals surface area contributed by atoms with Gasteiger partial charge in [0.1, 0.15) is 0 Å². The maximum atomic E-state index is 12.2. The van der Waals surface area contributed by atoms with Gasteiger partial charge >= 0.3 is 0 Å². The predicted octanol–water partition coefficient (Wildman–Crippen LogP) is 2.94. The van der Waals surface area contributed by atoms with E-state index in [9.17, 15) is 8.42 Å². The lowest BCUT2D eigenvalue weighted by atomic mass is 9.81. The monoisotopic (exact) mass is 394 g/mol. The molecule has 1 aromatic carbocycles. The number of nitrogens with two attached hydrogens (primary N) is 1. The summed E-state index contributed by atoms with van der Waals surface area (Å²) in [5, 5.41) is 0.636. The number of hydrogen-bond acceptors (Lipinski definition) is 5. The molecule has 0 amide bonds. The Morgan fingerprint density at radius 1 is 1.23 bits per heavy atom. The van der Waals surface area contributed by atoms with Gasteiger partial charge in [-0.2, -0.15) is 0 Å². The first-order valence-corrected chi connectivity index (χ1v) is 10.8. The van der Waals surface area contributed by atoms with Crippen molar-refractivity contribution in [1.82, 2.24) is 14.3 Å². The molecule has 1 saturated heterocycles. The fourth-order valence-corrected chi connectivity index (χ4v) is 4.85. The fraction of sp³-hybridized carbons (Fsp3) is 0.444. The van der Waals surface area contributed by atoms with Crippen LogP contribution in [0.4, 0.5) is 5.95 Å². The molecule has 0 radical (unpaired) electrons. The second-order valence-corrected chi connectivity index (χ2v) is 9.18. The molecule has 2 atom stereocenters. The molecule has 140 valence electrons. The molecule has 3 rings (SSSR count). The van der Waals surface area contributed by atoms with Gasteiger partial charge in [0.2, 0.25) is 16.0 Å². The van der Waals surface area contributed by atoms with Crippen LogP contribution in [0.5, 0.6) is 0 Å². The predicted molar refractivity (Wildman–Crippen MR) is 104 cm³/mol. The van der Waals surface area contributed by atoms with E-state index in [0.717, 1.165) is 29.8 Å². The van der Waals surface area contributed by atoms with E-state index in [1.807, 2.05) is 37.3 Å². The van der Waals surface area contributed by atoms with Gasteiger partial charge in [0.15, 0.2) is 0 Å². The third-order valence-corrected chi connectivity index (χ3v) is 6.47. The zero-order chi connectivity index (χ0) is 18.9. The lowest BCUT2D eigenvalue weighted by molar-refractivity contribution is 0.400. The summed E-state index contributed by atoms with van der Waals surface area (Å²) in [6, 6.07) is 9.53. The van der Waals surface area contributed by atoms with Gasteiger partial charge in [0.05, 0.1) is 6.26 Å². The first-order valence-electron chi connectivity index (χ1n) is 8.56. The van der Waals surface area contributed by atoms with E-state index in [1.54, 1.807) is 4.31 Å². The number of anilines is 1. The van der Waals surface area contributed by atoms with Gasteiger partial charge in [0, 0.05) is 41.3 Å². The summed E-state index contributed by atoms with van der Waals surface area (Å²) < 4.78 is 25.9. The zero-order valence-electron chi connectivity index (χ0n) is 14.9. The van der Waals surface area contributed by atoms with E-state index < -0.39 is 10.0 Å². The van der Waals surface area contributed by atoms with E-state index in [4.69, 9.17) is 17.3 Å². The number of nitrogen functional groups attached to an aromatic ring is 1. The molecular weight excluding hydrogens is 372 g/mol. The highest BCUT2D eigenvalue weighted by atomic mass is 35.5. The Balaban J connectivity index is 2.09. The van der Waals surface area contributed by atoms with Crippen molar-refractivity contribution in [2.45, 2.75) is 31.6 Å². The van der Waals surface area contributed by atoms with Gasteiger partial charge in [-0.1, -0.05) is 29.8 Å². The van der Waals surface area contributed by atoms with Gasteiger partial charge in [-0.15, -0.1) is 0 Å². The smallest absolute Gasteiger partial charge is 0.220 e. The van der Waals surface area contributed by atoms with Crippen LogP contribution in [0.25, 0.3) is 0 Å². The highest BCUT2D eigenvalue weighted by Gasteiger charge is 2.34. The van der Waals surface area contributed by atoms with E-state index in [-0.39, 0.29) is 17.8 Å². The van der Waals surface area contributed by atoms with Crippen molar-refractivity contribution >= 4 is 27.6 Å². The molecule has 1 aliphatic heterocycles. The minimum absolute atomic E-state index is 0.0191. The Morgan fingerprint density at radius 3 is 2.62 bits per heavy atom. The Morgan fingerprint density at radius 2 is 1.96 bits per heavy atom. The van der Waals surface area contributed by atoms with E-state index in [0.29, 0.717) is 18.1 Å². The standard InChI is InChI=1S/C18H23ClN4O2S/c1-12-10-17(22-18(20)21-12)14-7-5-9-23(26(2,24)25)11-15(14)13-6-3-4-8-16(13)19/h3-4,6,8,10,14-15H,5,7,9,11H2,1-2H3,(H2,20,21,22). The number of aryl methyl sites for hydroxylation is 1. The van der Waals surface area contributed by atoms with Crippen LogP contribution in [0.1, 0.15) is 41.6 Å². The third-order valence-electron chi connectivity index (χ3n) is 4.85. The summed E-state index contributed by atoms with van der Waals surface area (Å²) in [6.45, 7) is 2.75. The van der Waals surface area contributed by atoms with Crippen molar-refractivity contribution in [2.75, 3.05) is 25.1 Å². The molecule has 6 nitrogen and oxygen atoms in total. The van der Waals surface area contributed by atoms with Gasteiger partial charge in [-0.25, -0.2) is 22.7 Å². The lowest BCUT2D eigenvalue weighted by Gasteiger charge is -2.28. The molecule has 0 saturated carbocycles. The Kier molecular flexibility index (Phi) is 5.50. The Bertz CT molecular complexity index is 884. The molecule has 0 aliphatic carbocycles. The summed E-state index contributed by atoms with van der Waals surface area (Å²) in [4.78, 5) is 8.60. The highest BCUT2D eigenvalue weighted by molar-refractivity contribution is 7.88. The van der Waals surface area contributed by atoms with Crippen LogP contribution in [-0.2, 0) is 10.0 Å². The molecule has 2 aromatic rings. The van der Waals surface area contributed by atoms with Crippen LogP contribution in [0.15, 0.2) is 30.3 Å². The molecule has 2 heterocycles. The van der Waals surface area contributed by atoms with Crippen molar-refractivity contribution < 1.29 is 8.42 Å². The van der Waals surface area contributed by atoms with Crippen LogP contribution in [0.3, 0.4) is 0 Å². The maximum Gasteiger partial charge on any atom is 0.220 e. The van der Waals surface area contributed by atoms with Crippen LogP contribution < -0.4 is 5.73 Å². The molecular formula is C18H23ClN4O2S. The number of rotatable bonds is 3. The molecule has 0 spiro atoms. The first-order chi connectivity index (χ1) is 12.3. The largest absolute Gasteiger partial charge is 0.368 e. The first kappa shape index (κ1) is 19.1. The van der Waals surface area contributed by atoms with Crippen LogP contribution in [0, 0.1) is 6.92 Å². The lowest BCUT2D eigenvalue weighted by Crippen LogP contribution is -2.34. The average molecular weight is 395 g/mol. The SMILES string of the molecule is Cc1cc(C2CCCN(S(C)(=O)=O)CC2c2ccccc2Cl)nc(N)n1. The van der Waals surface area contributed by atoms with Gasteiger partial charge in [-0.3, -0.25) is 0 Å². The number of sulfonamides is 1. The summed E-state index contributed by atoms with van der Waals surface area (Å²) in [5.74, 6) is 0.155. The summed E-state index contributed by atoms with van der Waals surface area (Å²) in [5.41, 5.74) is 8.44. The molecule has 1 fully saturated rings. The Hall–Kier alpha value is -1.70. The van der Waals surface area contributed by atoms with Crippen molar-refractivity contribution in [3.05, 3.63) is 52.3 Å². The second kappa shape index (κ2) is 7.50. The quantitative estimate of drug-likeness (QED) is 0.864. The molecule has 1 aliphatic rings. The topological polar surface area (TPSA) is 89.2 Å². The number of nitrogens with zero attached hydrogens (tertiary/aromatic N) is 3. The molecule has 2 N–H and O–H groups in total. The van der Waals surface area contributed by atoms with Crippen molar-refractivity contribution in [3.8, 4) is 0 Å². The minimum atomic E-state index is -3.29. The second-order valence-electron chi connectivity index (χ2n) is 6.79. The average Bonchev–Trinajstić information content (AvgIpc) is 2.77. The highest BCUT2D eigenvalue weighted by Crippen LogP contribution is 2.41. The summed E-state index contributed by atoms with van der Waals surface area (Å²) in [6.07, 6.45) is 2.81. The van der Waals surface area contributed by atoms with Crippen LogP contribution in [0.2, 0.25) is 5.02 Å². The van der Waals surface area contributed by atoms with Crippen molar-refractivity contribution in [2.24, 2.45) is 0 Å². The van der Waals surface area contributed by atoms with E-state index in [2.05, 4.69) is 9.97 Å². The summed E-state index contributed by atoms with van der Waals surface area (Å²) in [7, 11) is -3.29. The van der Waals surface area contributed by atoms with E-state index >= 15 is 0 Å². The zero-order valence-corrected chi connectivity index (χ0v) is 16.5. The Labute approximate surface area is 159 Å². The normalized spacial score (nSPS) is 22.1. The number of aromatic nitrogens is 2. The van der Waals surface area contributed by atoms with Crippen molar-refractivity contribution in [1.29, 1.82) is 0 Å². The van der Waals surface area contributed by atoms with Gasteiger partial charge < -0.3 is 5.73 Å². The number of hydrogen-bond donors (Lipinski definition) is 1.